The number of anilines is 1. The molecule has 1 N–H and O–H groups in total. The van der Waals surface area contributed by atoms with Gasteiger partial charge in [0.2, 0.25) is 0 Å². The third-order valence-electron chi connectivity index (χ3n) is 6.05. The van der Waals surface area contributed by atoms with Crippen molar-refractivity contribution in [2.45, 2.75) is 52.0 Å². The van der Waals surface area contributed by atoms with E-state index >= 15 is 0 Å². The second-order valence-corrected chi connectivity index (χ2v) is 8.30. The summed E-state index contributed by atoms with van der Waals surface area (Å²) in [5, 5.41) is 7.51. The van der Waals surface area contributed by atoms with Gasteiger partial charge < -0.3 is 19.1 Å². The first-order valence-corrected chi connectivity index (χ1v) is 11.3. The molecule has 5 rings (SSSR count). The van der Waals surface area contributed by atoms with E-state index in [2.05, 4.69) is 15.0 Å². The monoisotopic (exact) mass is 432 g/mol. The van der Waals surface area contributed by atoms with Crippen molar-refractivity contribution in [1.29, 1.82) is 0 Å². The maximum Gasteiger partial charge on any atom is 0.169 e. The van der Waals surface area contributed by atoms with Gasteiger partial charge in [-0.05, 0) is 38.8 Å². The van der Waals surface area contributed by atoms with E-state index in [1.807, 2.05) is 50.5 Å². The van der Waals surface area contributed by atoms with E-state index < -0.39 is 0 Å². The normalized spacial score (nSPS) is 14.7. The van der Waals surface area contributed by atoms with Gasteiger partial charge in [0.25, 0.3) is 0 Å². The van der Waals surface area contributed by atoms with Gasteiger partial charge in [0.1, 0.15) is 23.6 Å². The maximum absolute atomic E-state index is 5.82. The first-order chi connectivity index (χ1) is 15.7. The van der Waals surface area contributed by atoms with Gasteiger partial charge in [-0.3, -0.25) is 0 Å². The number of fused-ring (bicyclic) bond motifs is 1. The van der Waals surface area contributed by atoms with E-state index in [1.165, 1.54) is 19.3 Å². The number of benzene rings is 1. The van der Waals surface area contributed by atoms with Crippen LogP contribution in [-0.4, -0.2) is 37.8 Å². The molecule has 0 radical (unpaired) electrons. The number of rotatable bonds is 7. The average molecular weight is 433 g/mol. The molecule has 0 amide bonds. The Hall–Kier alpha value is -3.42. The minimum absolute atomic E-state index is 0.426. The summed E-state index contributed by atoms with van der Waals surface area (Å²) in [5.41, 5.74) is 3.26. The van der Waals surface area contributed by atoms with Gasteiger partial charge in [0.15, 0.2) is 17.3 Å². The number of hydrogen-bond acceptors (Lipinski definition) is 7. The average Bonchev–Trinajstić information content (AvgIpc) is 3.40. The van der Waals surface area contributed by atoms with Gasteiger partial charge in [-0.15, -0.1) is 0 Å². The molecule has 8 heteroatoms. The molecule has 0 saturated heterocycles. The van der Waals surface area contributed by atoms with Crippen LogP contribution in [0.2, 0.25) is 0 Å². The molecule has 3 heterocycles. The number of imidazole rings is 1. The van der Waals surface area contributed by atoms with E-state index in [9.17, 15) is 0 Å². The Kier molecular flexibility index (Phi) is 5.75. The first kappa shape index (κ1) is 20.5. The van der Waals surface area contributed by atoms with Gasteiger partial charge >= 0.3 is 0 Å². The molecule has 0 aliphatic heterocycles. The van der Waals surface area contributed by atoms with Gasteiger partial charge in [-0.25, -0.2) is 15.0 Å². The molecule has 1 fully saturated rings. The number of aromatic nitrogens is 5. The molecule has 3 aromatic heterocycles. The standard InChI is InChI=1S/C24H28N6O2/c1-16-20(17(2)32-29-16)22-27-23(25-13-14-31-19-11-7-4-8-12-19)21-24(28-22)30(15-26-21)18-9-5-3-6-10-18/h4,7-8,11-12,15,18H,3,5-6,9-10,13-14H2,1-2H3,(H,25,27,28). The maximum atomic E-state index is 5.82. The Balaban J connectivity index is 1.47. The van der Waals surface area contributed by atoms with E-state index in [0.717, 1.165) is 41.0 Å². The van der Waals surface area contributed by atoms with Crippen LogP contribution in [0.3, 0.4) is 0 Å². The number of para-hydroxylation sites is 1. The van der Waals surface area contributed by atoms with Crippen LogP contribution in [0.4, 0.5) is 5.82 Å². The van der Waals surface area contributed by atoms with Crippen LogP contribution in [-0.2, 0) is 0 Å². The van der Waals surface area contributed by atoms with Crippen molar-refractivity contribution in [2.75, 3.05) is 18.5 Å². The van der Waals surface area contributed by atoms with Crippen LogP contribution in [0.5, 0.6) is 5.75 Å². The molecular weight excluding hydrogens is 404 g/mol. The van der Waals surface area contributed by atoms with Crippen molar-refractivity contribution < 1.29 is 9.26 Å². The van der Waals surface area contributed by atoms with Gasteiger partial charge in [-0.1, -0.05) is 42.6 Å². The van der Waals surface area contributed by atoms with Crippen molar-refractivity contribution in [3.05, 3.63) is 48.1 Å². The van der Waals surface area contributed by atoms with Crippen LogP contribution in [0.1, 0.15) is 49.6 Å². The number of ether oxygens (including phenoxy) is 1. The van der Waals surface area contributed by atoms with E-state index in [4.69, 9.17) is 24.2 Å². The highest BCUT2D eigenvalue weighted by atomic mass is 16.5. The van der Waals surface area contributed by atoms with Crippen molar-refractivity contribution in [3.8, 4) is 17.1 Å². The molecule has 0 bridgehead atoms. The first-order valence-electron chi connectivity index (χ1n) is 11.3. The number of nitrogens with zero attached hydrogens (tertiary/aromatic N) is 5. The SMILES string of the molecule is Cc1noc(C)c1-c1nc(NCCOc2ccccc2)c2ncn(C3CCCCC3)c2n1. The Morgan fingerprint density at radius 3 is 2.66 bits per heavy atom. The van der Waals surface area contributed by atoms with Crippen LogP contribution in [0.25, 0.3) is 22.6 Å². The molecule has 0 atom stereocenters. The smallest absolute Gasteiger partial charge is 0.169 e. The van der Waals surface area contributed by atoms with E-state index in [-0.39, 0.29) is 0 Å². The minimum atomic E-state index is 0.426. The van der Waals surface area contributed by atoms with Crippen LogP contribution in [0, 0.1) is 13.8 Å². The summed E-state index contributed by atoms with van der Waals surface area (Å²) in [5.74, 6) is 2.87. The Morgan fingerprint density at radius 1 is 1.09 bits per heavy atom. The summed E-state index contributed by atoms with van der Waals surface area (Å²) in [6, 6.07) is 10.2. The molecule has 1 aliphatic rings. The molecule has 166 valence electrons. The summed E-state index contributed by atoms with van der Waals surface area (Å²) in [6.07, 6.45) is 8.02. The summed E-state index contributed by atoms with van der Waals surface area (Å²) < 4.78 is 13.4. The second kappa shape index (κ2) is 8.98. The minimum Gasteiger partial charge on any atom is -0.492 e. The van der Waals surface area contributed by atoms with Crippen LogP contribution in [0.15, 0.2) is 41.2 Å². The van der Waals surface area contributed by atoms with Crippen LogP contribution >= 0.6 is 0 Å². The summed E-state index contributed by atoms with van der Waals surface area (Å²) >= 11 is 0. The fraction of sp³-hybridized carbons (Fsp3) is 0.417. The third kappa shape index (κ3) is 4.04. The van der Waals surface area contributed by atoms with E-state index in [0.29, 0.717) is 36.6 Å². The van der Waals surface area contributed by atoms with Crippen molar-refractivity contribution in [3.63, 3.8) is 0 Å². The fourth-order valence-electron chi connectivity index (χ4n) is 4.44. The predicted molar refractivity (Wildman–Crippen MR) is 123 cm³/mol. The molecule has 1 aromatic carbocycles. The zero-order chi connectivity index (χ0) is 21.9. The number of nitrogens with one attached hydrogen (secondary N) is 1. The summed E-state index contributed by atoms with van der Waals surface area (Å²) in [4.78, 5) is 14.4. The lowest BCUT2D eigenvalue weighted by Crippen LogP contribution is -2.15. The zero-order valence-electron chi connectivity index (χ0n) is 18.5. The molecular formula is C24H28N6O2. The highest BCUT2D eigenvalue weighted by Gasteiger charge is 2.23. The lowest BCUT2D eigenvalue weighted by molar-refractivity contribution is 0.333. The number of aryl methyl sites for hydroxylation is 2. The number of hydrogen-bond donors (Lipinski definition) is 1. The Morgan fingerprint density at radius 2 is 1.91 bits per heavy atom. The van der Waals surface area contributed by atoms with Gasteiger partial charge in [0.05, 0.1) is 24.1 Å². The second-order valence-electron chi connectivity index (χ2n) is 8.30. The van der Waals surface area contributed by atoms with Crippen molar-refractivity contribution in [2.24, 2.45) is 0 Å². The largest absolute Gasteiger partial charge is 0.492 e. The predicted octanol–water partition coefficient (Wildman–Crippen LogP) is 5.09. The molecule has 1 saturated carbocycles. The Labute approximate surface area is 187 Å². The molecule has 32 heavy (non-hydrogen) atoms. The van der Waals surface area contributed by atoms with Gasteiger partial charge in [0, 0.05) is 6.04 Å². The lowest BCUT2D eigenvalue weighted by atomic mass is 9.95. The summed E-state index contributed by atoms with van der Waals surface area (Å²) in [6.45, 7) is 4.92. The third-order valence-corrected chi connectivity index (χ3v) is 6.05. The Bertz CT molecular complexity index is 1170. The molecule has 8 nitrogen and oxygen atoms in total. The van der Waals surface area contributed by atoms with E-state index in [1.54, 1.807) is 0 Å². The van der Waals surface area contributed by atoms with Gasteiger partial charge in [-0.2, -0.15) is 0 Å². The lowest BCUT2D eigenvalue weighted by Gasteiger charge is -2.23. The highest BCUT2D eigenvalue weighted by Crippen LogP contribution is 2.33. The topological polar surface area (TPSA) is 90.9 Å². The van der Waals surface area contributed by atoms with Crippen molar-refractivity contribution >= 4 is 17.0 Å². The molecule has 0 unspecified atom stereocenters. The molecule has 4 aromatic rings. The fourth-order valence-corrected chi connectivity index (χ4v) is 4.44. The summed E-state index contributed by atoms with van der Waals surface area (Å²) in [7, 11) is 0. The quantitative estimate of drug-likeness (QED) is 0.407. The molecule has 1 aliphatic carbocycles. The van der Waals surface area contributed by atoms with Crippen molar-refractivity contribution in [1.82, 2.24) is 24.7 Å². The highest BCUT2D eigenvalue weighted by molar-refractivity contribution is 5.85. The van der Waals surface area contributed by atoms with Crippen LogP contribution < -0.4 is 10.1 Å². The zero-order valence-corrected chi connectivity index (χ0v) is 18.5. The molecule has 0 spiro atoms.